The monoisotopic (exact) mass is 353 g/mol. The van der Waals surface area contributed by atoms with Gasteiger partial charge in [0.1, 0.15) is 24.1 Å². The Balaban J connectivity index is 1.83. The molecule has 1 aliphatic heterocycles. The quantitative estimate of drug-likeness (QED) is 0.863. The summed E-state index contributed by atoms with van der Waals surface area (Å²) >= 11 is 0. The number of amidine groups is 1. The van der Waals surface area contributed by atoms with Crippen molar-refractivity contribution in [2.45, 2.75) is 25.0 Å². The second kappa shape index (κ2) is 6.10. The van der Waals surface area contributed by atoms with Gasteiger partial charge in [0, 0.05) is 35.0 Å². The highest BCUT2D eigenvalue weighted by Gasteiger charge is 2.60. The smallest absolute Gasteiger partial charge is 0.283 e. The average molecular weight is 353 g/mol. The molecule has 3 atom stereocenters. The van der Waals surface area contributed by atoms with E-state index in [1.807, 2.05) is 6.07 Å². The number of aliphatic imine (C=N–C) groups is 1. The Morgan fingerprint density at radius 2 is 2.15 bits per heavy atom. The van der Waals surface area contributed by atoms with Gasteiger partial charge in [-0.2, -0.15) is 0 Å². The van der Waals surface area contributed by atoms with Crippen LogP contribution in [0, 0.1) is 23.6 Å². The number of aromatic nitrogens is 1. The number of benzene rings is 1. The van der Waals surface area contributed by atoms with Gasteiger partial charge in [0.2, 0.25) is 0 Å². The molecule has 1 saturated carbocycles. The van der Waals surface area contributed by atoms with Gasteiger partial charge in [0.25, 0.3) is 6.02 Å². The topological polar surface area (TPSA) is 60.5 Å². The fourth-order valence-electron chi connectivity index (χ4n) is 3.57. The van der Waals surface area contributed by atoms with Crippen LogP contribution in [0.4, 0.5) is 8.78 Å². The molecule has 0 bridgehead atoms. The lowest BCUT2D eigenvalue weighted by Gasteiger charge is -2.31. The molecule has 0 spiro atoms. The Hall–Kier alpha value is -2.94. The van der Waals surface area contributed by atoms with Crippen LogP contribution in [0.25, 0.3) is 11.1 Å². The van der Waals surface area contributed by atoms with E-state index >= 15 is 0 Å². The second-order valence-electron chi connectivity index (χ2n) is 6.54. The highest BCUT2D eigenvalue weighted by molar-refractivity contribution is 5.74. The molecule has 0 saturated heterocycles. The van der Waals surface area contributed by atoms with Crippen LogP contribution in [-0.2, 0) is 10.3 Å². The molecular weight excluding hydrogens is 336 g/mol. The standard InChI is InChI=1S/C20H17F2N3O/c1-2-3-12-6-14(10-24-9-12)13-4-5-17(22)15(7-13)20(11-21)16-8-18(16)26-19(23)25-20/h4-7,9-10,16,18H,8,11H2,1H3,(H2,23,25)/t16?,18-,20-/m1/s1. The Morgan fingerprint density at radius 1 is 1.31 bits per heavy atom. The summed E-state index contributed by atoms with van der Waals surface area (Å²) in [6.07, 6.45) is 3.74. The number of rotatable bonds is 3. The molecule has 2 heterocycles. The zero-order chi connectivity index (χ0) is 18.3. The summed E-state index contributed by atoms with van der Waals surface area (Å²) < 4.78 is 34.1. The largest absolute Gasteiger partial charge is 0.462 e. The molecule has 1 fully saturated rings. The van der Waals surface area contributed by atoms with Gasteiger partial charge in [-0.15, -0.1) is 5.92 Å². The summed E-state index contributed by atoms with van der Waals surface area (Å²) in [5, 5.41) is 0. The van der Waals surface area contributed by atoms with Gasteiger partial charge in [-0.05, 0) is 37.1 Å². The van der Waals surface area contributed by atoms with Crippen LogP contribution in [-0.4, -0.2) is 23.8 Å². The summed E-state index contributed by atoms with van der Waals surface area (Å²) in [7, 11) is 0. The number of fused-ring (bicyclic) bond motifs is 1. The van der Waals surface area contributed by atoms with Crippen LogP contribution in [0.1, 0.15) is 24.5 Å². The van der Waals surface area contributed by atoms with Crippen LogP contribution < -0.4 is 5.73 Å². The first-order valence-corrected chi connectivity index (χ1v) is 8.33. The zero-order valence-corrected chi connectivity index (χ0v) is 14.2. The van der Waals surface area contributed by atoms with E-state index in [0.29, 0.717) is 6.42 Å². The molecule has 1 unspecified atom stereocenters. The van der Waals surface area contributed by atoms with E-state index in [1.54, 1.807) is 31.5 Å². The molecule has 0 amide bonds. The van der Waals surface area contributed by atoms with Crippen molar-refractivity contribution < 1.29 is 13.5 Å². The van der Waals surface area contributed by atoms with E-state index in [9.17, 15) is 8.78 Å². The molecule has 2 aliphatic rings. The van der Waals surface area contributed by atoms with Crippen molar-refractivity contribution in [2.75, 3.05) is 6.67 Å². The first-order chi connectivity index (χ1) is 12.6. The van der Waals surface area contributed by atoms with Gasteiger partial charge in [-0.3, -0.25) is 4.98 Å². The molecule has 6 heteroatoms. The number of halogens is 2. The molecule has 4 rings (SSSR count). The molecular formula is C20H17F2N3O. The lowest BCUT2D eigenvalue weighted by atomic mass is 9.84. The van der Waals surface area contributed by atoms with Crippen molar-refractivity contribution in [3.8, 4) is 23.0 Å². The van der Waals surface area contributed by atoms with Gasteiger partial charge in [0.05, 0.1) is 0 Å². The highest BCUT2D eigenvalue weighted by Crippen LogP contribution is 2.53. The van der Waals surface area contributed by atoms with E-state index in [2.05, 4.69) is 21.8 Å². The number of hydrogen-bond donors (Lipinski definition) is 1. The summed E-state index contributed by atoms with van der Waals surface area (Å²) in [5.74, 6) is 5.05. The Bertz CT molecular complexity index is 963. The number of nitrogens with zero attached hydrogens (tertiary/aromatic N) is 2. The van der Waals surface area contributed by atoms with Crippen LogP contribution in [0.2, 0.25) is 0 Å². The second-order valence-corrected chi connectivity index (χ2v) is 6.54. The third kappa shape index (κ3) is 2.60. The van der Waals surface area contributed by atoms with E-state index < -0.39 is 18.0 Å². The normalized spacial score (nSPS) is 26.0. The van der Waals surface area contributed by atoms with E-state index in [-0.39, 0.29) is 23.6 Å². The van der Waals surface area contributed by atoms with Gasteiger partial charge in [-0.1, -0.05) is 12.0 Å². The highest BCUT2D eigenvalue weighted by atomic mass is 19.1. The molecule has 1 aromatic carbocycles. The van der Waals surface area contributed by atoms with Crippen LogP contribution >= 0.6 is 0 Å². The fraction of sp³-hybridized carbons (Fsp3) is 0.300. The Kier molecular flexibility index (Phi) is 3.87. The van der Waals surface area contributed by atoms with E-state index in [4.69, 9.17) is 10.5 Å². The third-order valence-electron chi connectivity index (χ3n) is 4.90. The maximum atomic E-state index is 14.7. The first kappa shape index (κ1) is 16.5. The Labute approximate surface area is 150 Å². The van der Waals surface area contributed by atoms with Crippen molar-refractivity contribution in [1.82, 2.24) is 4.98 Å². The van der Waals surface area contributed by atoms with Crippen molar-refractivity contribution in [3.05, 3.63) is 53.6 Å². The number of ether oxygens (including phenoxy) is 1. The number of hydrogen-bond acceptors (Lipinski definition) is 4. The average Bonchev–Trinajstić information content (AvgIpc) is 3.42. The maximum absolute atomic E-state index is 14.7. The van der Waals surface area contributed by atoms with Crippen molar-refractivity contribution in [2.24, 2.45) is 16.6 Å². The van der Waals surface area contributed by atoms with E-state index in [0.717, 1.165) is 16.7 Å². The molecule has 2 aromatic rings. The minimum absolute atomic E-state index is 0.0897. The lowest BCUT2D eigenvalue weighted by molar-refractivity contribution is 0.168. The van der Waals surface area contributed by atoms with Crippen molar-refractivity contribution in [3.63, 3.8) is 0 Å². The number of pyridine rings is 1. The maximum Gasteiger partial charge on any atom is 0.283 e. The molecule has 26 heavy (non-hydrogen) atoms. The zero-order valence-electron chi connectivity index (χ0n) is 14.2. The summed E-state index contributed by atoms with van der Waals surface area (Å²) in [6, 6.07) is 6.38. The predicted octanol–water partition coefficient (Wildman–Crippen LogP) is 3.16. The molecule has 1 aliphatic carbocycles. The van der Waals surface area contributed by atoms with Crippen molar-refractivity contribution in [1.29, 1.82) is 0 Å². The lowest BCUT2D eigenvalue weighted by Crippen LogP contribution is -2.39. The van der Waals surface area contributed by atoms with Gasteiger partial charge in [0.15, 0.2) is 0 Å². The minimum atomic E-state index is -1.33. The van der Waals surface area contributed by atoms with Crippen LogP contribution in [0.5, 0.6) is 0 Å². The first-order valence-electron chi connectivity index (χ1n) is 8.33. The molecule has 1 aromatic heterocycles. The van der Waals surface area contributed by atoms with Crippen molar-refractivity contribution >= 4 is 6.02 Å². The Morgan fingerprint density at radius 3 is 2.92 bits per heavy atom. The molecule has 2 N–H and O–H groups in total. The molecule has 132 valence electrons. The summed E-state index contributed by atoms with van der Waals surface area (Å²) in [4.78, 5) is 8.37. The molecule has 0 radical (unpaired) electrons. The number of nitrogens with two attached hydrogens (primary N) is 1. The van der Waals surface area contributed by atoms with Crippen LogP contribution in [0.15, 0.2) is 41.7 Å². The summed E-state index contributed by atoms with van der Waals surface area (Å²) in [6.45, 7) is 0.908. The third-order valence-corrected chi connectivity index (χ3v) is 4.90. The molecule has 4 nitrogen and oxygen atoms in total. The predicted molar refractivity (Wildman–Crippen MR) is 94.4 cm³/mol. The van der Waals surface area contributed by atoms with Gasteiger partial charge >= 0.3 is 0 Å². The van der Waals surface area contributed by atoms with Gasteiger partial charge in [-0.25, -0.2) is 13.8 Å². The van der Waals surface area contributed by atoms with E-state index in [1.165, 1.54) is 6.07 Å². The fourth-order valence-corrected chi connectivity index (χ4v) is 3.57. The minimum Gasteiger partial charge on any atom is -0.462 e. The number of alkyl halides is 1. The van der Waals surface area contributed by atoms with Gasteiger partial charge < -0.3 is 10.5 Å². The SMILES string of the molecule is CC#Cc1cncc(-c2ccc(F)c([C@@]3(CF)N=C(N)O[C@@H]4CC43)c2)c1. The summed E-state index contributed by atoms with van der Waals surface area (Å²) in [5.41, 5.74) is 6.82. The van der Waals surface area contributed by atoms with Crippen LogP contribution in [0.3, 0.4) is 0 Å².